The Morgan fingerprint density at radius 3 is 2.15 bits per heavy atom. The number of hydrogen-bond acceptors (Lipinski definition) is 0. The van der Waals surface area contributed by atoms with Gasteiger partial charge in [0.1, 0.15) is 0 Å². The van der Waals surface area contributed by atoms with E-state index in [-0.39, 0.29) is 0 Å². The van der Waals surface area contributed by atoms with Gasteiger partial charge in [0.05, 0.1) is 0 Å². The highest BCUT2D eigenvalue weighted by Gasteiger charge is 2.22. The molecule has 0 atom stereocenters. The van der Waals surface area contributed by atoms with Gasteiger partial charge in [-0.1, -0.05) is 75.4 Å². The average Bonchev–Trinajstić information content (AvgIpc) is 2.87. The molecule has 3 aromatic rings. The lowest BCUT2D eigenvalue weighted by Crippen LogP contribution is -1.86. The van der Waals surface area contributed by atoms with Crippen molar-refractivity contribution in [3.63, 3.8) is 0 Å². The van der Waals surface area contributed by atoms with E-state index in [1.54, 1.807) is 0 Å². The first-order chi connectivity index (χ1) is 9.90. The minimum atomic E-state index is 1.09. The summed E-state index contributed by atoms with van der Waals surface area (Å²) in [5.74, 6) is 0. The maximum absolute atomic E-state index is 2.28. The van der Waals surface area contributed by atoms with Crippen LogP contribution in [-0.4, -0.2) is 0 Å². The second-order valence-corrected chi connectivity index (χ2v) is 4.90. The monoisotopic (exact) mass is 260 g/mol. The van der Waals surface area contributed by atoms with E-state index in [2.05, 4.69) is 61.5 Å². The van der Waals surface area contributed by atoms with Crippen molar-refractivity contribution in [2.24, 2.45) is 0 Å². The van der Waals surface area contributed by atoms with Crippen molar-refractivity contribution < 1.29 is 0 Å². The van der Waals surface area contributed by atoms with Crippen LogP contribution in [0.1, 0.15) is 26.3 Å². The van der Waals surface area contributed by atoms with Gasteiger partial charge in [-0.2, -0.15) is 0 Å². The lowest BCUT2D eigenvalue weighted by Gasteiger charge is -2.07. The SMILES string of the molecule is CC.CCc1ccc2cccc3c2c1-c1ccccc1-3. The highest BCUT2D eigenvalue weighted by molar-refractivity contribution is 6.16. The molecule has 0 bridgehead atoms. The summed E-state index contributed by atoms with van der Waals surface area (Å²) in [7, 11) is 0. The molecule has 3 aromatic carbocycles. The van der Waals surface area contributed by atoms with E-state index >= 15 is 0 Å². The third-order valence-electron chi connectivity index (χ3n) is 4.00. The van der Waals surface area contributed by atoms with Crippen LogP contribution in [0, 0.1) is 0 Å². The largest absolute Gasteiger partial charge is 0.0683 e. The van der Waals surface area contributed by atoms with Crippen LogP contribution in [0.4, 0.5) is 0 Å². The quantitative estimate of drug-likeness (QED) is 0.389. The predicted octanol–water partition coefficient (Wildman–Crippen LogP) is 6.08. The van der Waals surface area contributed by atoms with Crippen LogP contribution in [0.2, 0.25) is 0 Å². The first-order valence-electron chi connectivity index (χ1n) is 7.54. The van der Waals surface area contributed by atoms with Crippen LogP contribution in [0.5, 0.6) is 0 Å². The third-order valence-corrected chi connectivity index (χ3v) is 4.00. The summed E-state index contributed by atoms with van der Waals surface area (Å²) >= 11 is 0. The van der Waals surface area contributed by atoms with Gasteiger partial charge >= 0.3 is 0 Å². The van der Waals surface area contributed by atoms with Crippen LogP contribution in [0.15, 0.2) is 54.6 Å². The van der Waals surface area contributed by atoms with Crippen molar-refractivity contribution in [3.8, 4) is 22.3 Å². The van der Waals surface area contributed by atoms with Crippen LogP contribution >= 0.6 is 0 Å². The average molecular weight is 260 g/mol. The Labute approximate surface area is 121 Å². The van der Waals surface area contributed by atoms with E-state index in [9.17, 15) is 0 Å². The van der Waals surface area contributed by atoms with Gasteiger partial charge in [-0.05, 0) is 45.0 Å². The van der Waals surface area contributed by atoms with Crippen molar-refractivity contribution in [2.75, 3.05) is 0 Å². The normalized spacial score (nSPS) is 10.9. The zero-order valence-electron chi connectivity index (χ0n) is 12.4. The maximum Gasteiger partial charge on any atom is -0.00236 e. The Balaban J connectivity index is 0.000000581. The Morgan fingerprint density at radius 1 is 0.700 bits per heavy atom. The molecule has 0 aromatic heterocycles. The molecule has 1 aliphatic carbocycles. The second kappa shape index (κ2) is 5.13. The number of hydrogen-bond donors (Lipinski definition) is 0. The van der Waals surface area contributed by atoms with Crippen molar-refractivity contribution in [2.45, 2.75) is 27.2 Å². The minimum Gasteiger partial charge on any atom is -0.0683 e. The van der Waals surface area contributed by atoms with E-state index in [0.717, 1.165) is 6.42 Å². The molecule has 0 saturated heterocycles. The van der Waals surface area contributed by atoms with Crippen molar-refractivity contribution in [1.29, 1.82) is 0 Å². The van der Waals surface area contributed by atoms with E-state index in [1.807, 2.05) is 13.8 Å². The summed E-state index contributed by atoms with van der Waals surface area (Å²) in [6.07, 6.45) is 1.09. The molecule has 100 valence electrons. The van der Waals surface area contributed by atoms with Gasteiger partial charge in [-0.15, -0.1) is 0 Å². The van der Waals surface area contributed by atoms with Crippen LogP contribution in [0.3, 0.4) is 0 Å². The summed E-state index contributed by atoms with van der Waals surface area (Å²) in [5, 5.41) is 2.80. The Kier molecular flexibility index (Phi) is 3.31. The van der Waals surface area contributed by atoms with Crippen LogP contribution in [0.25, 0.3) is 33.0 Å². The Morgan fingerprint density at radius 2 is 1.40 bits per heavy atom. The summed E-state index contributed by atoms with van der Waals surface area (Å²) in [6.45, 7) is 6.24. The topological polar surface area (TPSA) is 0 Å². The maximum atomic E-state index is 2.28. The van der Waals surface area contributed by atoms with Crippen molar-refractivity contribution >= 4 is 10.8 Å². The van der Waals surface area contributed by atoms with E-state index in [4.69, 9.17) is 0 Å². The predicted molar refractivity (Wildman–Crippen MR) is 89.1 cm³/mol. The van der Waals surface area contributed by atoms with Gasteiger partial charge < -0.3 is 0 Å². The zero-order chi connectivity index (χ0) is 14.1. The minimum absolute atomic E-state index is 1.09. The highest BCUT2D eigenvalue weighted by atomic mass is 14.2. The summed E-state index contributed by atoms with van der Waals surface area (Å²) in [6, 6.07) is 19.9. The molecular weight excluding hydrogens is 240 g/mol. The lowest BCUT2D eigenvalue weighted by molar-refractivity contribution is 1.15. The molecule has 1 aliphatic rings. The van der Waals surface area contributed by atoms with E-state index < -0.39 is 0 Å². The lowest BCUT2D eigenvalue weighted by atomic mass is 9.96. The van der Waals surface area contributed by atoms with E-state index in [1.165, 1.54) is 38.6 Å². The molecule has 0 spiro atoms. The molecule has 0 fully saturated rings. The van der Waals surface area contributed by atoms with E-state index in [0.29, 0.717) is 0 Å². The summed E-state index contributed by atoms with van der Waals surface area (Å²) in [5.41, 5.74) is 7.11. The molecular formula is C20H20. The highest BCUT2D eigenvalue weighted by Crippen LogP contribution is 2.48. The molecule has 0 amide bonds. The molecule has 0 heteroatoms. The van der Waals surface area contributed by atoms with Gasteiger partial charge in [-0.25, -0.2) is 0 Å². The van der Waals surface area contributed by atoms with Crippen molar-refractivity contribution in [3.05, 3.63) is 60.2 Å². The number of aryl methyl sites for hydroxylation is 1. The fourth-order valence-electron chi connectivity index (χ4n) is 3.19. The van der Waals surface area contributed by atoms with Crippen LogP contribution < -0.4 is 0 Å². The number of rotatable bonds is 1. The molecule has 0 N–H and O–H groups in total. The zero-order valence-corrected chi connectivity index (χ0v) is 12.4. The molecule has 0 unspecified atom stereocenters. The first kappa shape index (κ1) is 12.9. The third kappa shape index (κ3) is 1.68. The van der Waals surface area contributed by atoms with Crippen molar-refractivity contribution in [1.82, 2.24) is 0 Å². The summed E-state index contributed by atoms with van der Waals surface area (Å²) in [4.78, 5) is 0. The smallest absolute Gasteiger partial charge is 0.00236 e. The Bertz CT molecular complexity index is 766. The fourth-order valence-corrected chi connectivity index (χ4v) is 3.19. The van der Waals surface area contributed by atoms with Crippen LogP contribution in [-0.2, 0) is 6.42 Å². The van der Waals surface area contributed by atoms with Gasteiger partial charge in [0.25, 0.3) is 0 Å². The second-order valence-electron chi connectivity index (χ2n) is 4.90. The molecule has 0 aliphatic heterocycles. The van der Waals surface area contributed by atoms with Gasteiger partial charge in [-0.3, -0.25) is 0 Å². The van der Waals surface area contributed by atoms with Gasteiger partial charge in [0.15, 0.2) is 0 Å². The molecule has 4 rings (SSSR count). The summed E-state index contributed by atoms with van der Waals surface area (Å²) < 4.78 is 0. The molecule has 20 heavy (non-hydrogen) atoms. The molecule has 0 nitrogen and oxygen atoms in total. The standard InChI is InChI=1S/C18H14.C2H6/c1-2-12-10-11-13-6-5-9-16-14-7-3-4-8-15(14)17(12)18(13)16;1-2/h3-11H,2H2,1H3;1-2H3. The molecule has 0 radical (unpaired) electrons. The molecule has 0 saturated carbocycles. The molecule has 0 heterocycles. The van der Waals surface area contributed by atoms with Gasteiger partial charge in [0.2, 0.25) is 0 Å². The Hall–Kier alpha value is -2.08. The fraction of sp³-hybridized carbons (Fsp3) is 0.200. The first-order valence-corrected chi connectivity index (χ1v) is 7.54. The number of fused-ring (bicyclic) bond motifs is 3. The number of benzene rings is 3. The van der Waals surface area contributed by atoms with Gasteiger partial charge in [0, 0.05) is 0 Å².